The fourth-order valence-corrected chi connectivity index (χ4v) is 4.74. The molecule has 5 nitrogen and oxygen atoms in total. The lowest BCUT2D eigenvalue weighted by molar-refractivity contribution is 0.395. The molecule has 0 aliphatic carbocycles. The maximum atomic E-state index is 12.3. The summed E-state index contributed by atoms with van der Waals surface area (Å²) in [5, 5.41) is 0. The number of hydrogen-bond donors (Lipinski definition) is 0. The molecule has 0 unspecified atom stereocenters. The van der Waals surface area contributed by atoms with Gasteiger partial charge in [-0.15, -0.1) is 0 Å². The molecule has 0 N–H and O–H groups in total. The summed E-state index contributed by atoms with van der Waals surface area (Å²) in [5.74, 6) is 0.191. The van der Waals surface area contributed by atoms with Crippen LogP contribution in [0.25, 0.3) is 5.52 Å². The lowest BCUT2D eigenvalue weighted by Gasteiger charge is -2.11. The SMILES string of the molecule is CCCS(=O)(=O)c1cccc(CCc2nccn3c(CN(C)C)ccc23)c1. The van der Waals surface area contributed by atoms with E-state index >= 15 is 0 Å². The van der Waals surface area contributed by atoms with Gasteiger partial charge in [0.05, 0.1) is 21.9 Å². The van der Waals surface area contributed by atoms with E-state index in [0.29, 0.717) is 11.3 Å². The normalized spacial score (nSPS) is 12.1. The maximum Gasteiger partial charge on any atom is 0.178 e. The zero-order chi connectivity index (χ0) is 19.4. The molecule has 3 rings (SSSR count). The lowest BCUT2D eigenvalue weighted by atomic mass is 10.1. The second-order valence-corrected chi connectivity index (χ2v) is 9.27. The molecule has 2 aromatic heterocycles. The van der Waals surface area contributed by atoms with Gasteiger partial charge in [0.2, 0.25) is 0 Å². The molecule has 0 atom stereocenters. The molecule has 0 radical (unpaired) electrons. The fourth-order valence-electron chi connectivity index (χ4n) is 3.35. The van der Waals surface area contributed by atoms with Crippen LogP contribution in [-0.2, 0) is 29.2 Å². The zero-order valence-corrected chi connectivity index (χ0v) is 17.0. The van der Waals surface area contributed by atoms with E-state index in [-0.39, 0.29) is 5.75 Å². The van der Waals surface area contributed by atoms with E-state index < -0.39 is 9.84 Å². The van der Waals surface area contributed by atoms with Crippen molar-refractivity contribution in [3.05, 3.63) is 65.7 Å². The van der Waals surface area contributed by atoms with E-state index in [9.17, 15) is 8.42 Å². The van der Waals surface area contributed by atoms with Crippen LogP contribution in [0.2, 0.25) is 0 Å². The Balaban J connectivity index is 1.80. The van der Waals surface area contributed by atoms with Gasteiger partial charge in [0.1, 0.15) is 0 Å². The molecule has 0 bridgehead atoms. The van der Waals surface area contributed by atoms with Crippen LogP contribution in [0.15, 0.2) is 53.7 Å². The van der Waals surface area contributed by atoms with Gasteiger partial charge in [0, 0.05) is 24.6 Å². The number of fused-ring (bicyclic) bond motifs is 1. The van der Waals surface area contributed by atoms with Gasteiger partial charge >= 0.3 is 0 Å². The minimum atomic E-state index is -3.18. The van der Waals surface area contributed by atoms with Gasteiger partial charge in [0.15, 0.2) is 9.84 Å². The zero-order valence-electron chi connectivity index (χ0n) is 16.2. The molecule has 0 amide bonds. The van der Waals surface area contributed by atoms with Crippen LogP contribution >= 0.6 is 0 Å². The van der Waals surface area contributed by atoms with E-state index in [4.69, 9.17) is 0 Å². The van der Waals surface area contributed by atoms with Gasteiger partial charge < -0.3 is 9.30 Å². The molecule has 27 heavy (non-hydrogen) atoms. The van der Waals surface area contributed by atoms with Crippen molar-refractivity contribution in [2.75, 3.05) is 19.8 Å². The van der Waals surface area contributed by atoms with Crippen molar-refractivity contribution in [3.8, 4) is 0 Å². The number of benzene rings is 1. The van der Waals surface area contributed by atoms with Gasteiger partial charge in [-0.05, 0) is 63.2 Å². The number of nitrogens with zero attached hydrogens (tertiary/aromatic N) is 3. The van der Waals surface area contributed by atoms with Crippen LogP contribution in [0.4, 0.5) is 0 Å². The Hall–Kier alpha value is -2.18. The predicted molar refractivity (Wildman–Crippen MR) is 109 cm³/mol. The molecule has 6 heteroatoms. The van der Waals surface area contributed by atoms with Gasteiger partial charge in [-0.25, -0.2) is 8.42 Å². The maximum absolute atomic E-state index is 12.3. The number of hydrogen-bond acceptors (Lipinski definition) is 4. The highest BCUT2D eigenvalue weighted by molar-refractivity contribution is 7.91. The summed E-state index contributed by atoms with van der Waals surface area (Å²) >= 11 is 0. The van der Waals surface area contributed by atoms with Gasteiger partial charge in [-0.1, -0.05) is 19.1 Å². The first-order chi connectivity index (χ1) is 12.9. The Morgan fingerprint density at radius 3 is 2.67 bits per heavy atom. The van der Waals surface area contributed by atoms with E-state index in [1.165, 1.54) is 5.69 Å². The summed E-state index contributed by atoms with van der Waals surface area (Å²) in [6.45, 7) is 2.75. The highest BCUT2D eigenvalue weighted by Gasteiger charge is 2.14. The average Bonchev–Trinajstić information content (AvgIpc) is 3.03. The van der Waals surface area contributed by atoms with Gasteiger partial charge in [-0.2, -0.15) is 0 Å². The van der Waals surface area contributed by atoms with Gasteiger partial charge in [0.25, 0.3) is 0 Å². The molecule has 1 aromatic carbocycles. The molecule has 0 aliphatic heterocycles. The van der Waals surface area contributed by atoms with Crippen molar-refractivity contribution in [2.45, 2.75) is 37.6 Å². The second kappa shape index (κ2) is 8.23. The van der Waals surface area contributed by atoms with Crippen LogP contribution in [0.5, 0.6) is 0 Å². The number of aryl methyl sites for hydroxylation is 2. The Labute approximate surface area is 161 Å². The third-order valence-corrected chi connectivity index (χ3v) is 6.52. The van der Waals surface area contributed by atoms with E-state index in [2.05, 4.69) is 40.5 Å². The summed E-state index contributed by atoms with van der Waals surface area (Å²) in [7, 11) is 0.930. The van der Waals surface area contributed by atoms with Crippen LogP contribution in [0, 0.1) is 0 Å². The highest BCUT2D eigenvalue weighted by Crippen LogP contribution is 2.18. The average molecular weight is 386 g/mol. The van der Waals surface area contributed by atoms with E-state index in [0.717, 1.165) is 36.2 Å². The standard InChI is InChI=1S/C21H27N3O2S/c1-4-14-27(25,26)19-7-5-6-17(15-19)8-10-20-21-11-9-18(16-23(2)3)24(21)13-12-22-20/h5-7,9,11-13,15H,4,8,10,14,16H2,1-3H3. The quantitative estimate of drug-likeness (QED) is 0.597. The van der Waals surface area contributed by atoms with E-state index in [1.807, 2.05) is 31.5 Å². The summed E-state index contributed by atoms with van der Waals surface area (Å²) in [6, 6.07) is 11.6. The topological polar surface area (TPSA) is 54.7 Å². The van der Waals surface area contributed by atoms with Crippen LogP contribution in [0.3, 0.4) is 0 Å². The Bertz CT molecular complexity index is 1020. The summed E-state index contributed by atoms with van der Waals surface area (Å²) in [4.78, 5) is 7.13. The van der Waals surface area contributed by atoms with Crippen molar-refractivity contribution in [2.24, 2.45) is 0 Å². The fraction of sp³-hybridized carbons (Fsp3) is 0.381. The third-order valence-electron chi connectivity index (χ3n) is 4.60. The van der Waals surface area contributed by atoms with Crippen molar-refractivity contribution in [1.82, 2.24) is 14.3 Å². The minimum absolute atomic E-state index is 0.191. The monoisotopic (exact) mass is 385 g/mol. The smallest absolute Gasteiger partial charge is 0.178 e. The van der Waals surface area contributed by atoms with Crippen molar-refractivity contribution in [3.63, 3.8) is 0 Å². The molecule has 2 heterocycles. The van der Waals surface area contributed by atoms with Crippen LogP contribution in [-0.4, -0.2) is 42.6 Å². The molecular weight excluding hydrogens is 358 g/mol. The number of aromatic nitrogens is 2. The Morgan fingerprint density at radius 1 is 1.11 bits per heavy atom. The summed E-state index contributed by atoms with van der Waals surface area (Å²) in [5.41, 5.74) is 4.40. The predicted octanol–water partition coefficient (Wildman–Crippen LogP) is 3.36. The summed E-state index contributed by atoms with van der Waals surface area (Å²) < 4.78 is 26.8. The first-order valence-corrected chi connectivity index (χ1v) is 11.0. The van der Waals surface area contributed by atoms with Crippen molar-refractivity contribution >= 4 is 15.4 Å². The van der Waals surface area contributed by atoms with Crippen molar-refractivity contribution < 1.29 is 8.42 Å². The van der Waals surface area contributed by atoms with Crippen molar-refractivity contribution in [1.29, 1.82) is 0 Å². The molecule has 0 fully saturated rings. The number of sulfone groups is 1. The third kappa shape index (κ3) is 4.57. The highest BCUT2D eigenvalue weighted by atomic mass is 32.2. The van der Waals surface area contributed by atoms with Crippen LogP contribution < -0.4 is 0 Å². The molecule has 0 spiro atoms. The molecular formula is C21H27N3O2S. The minimum Gasteiger partial charge on any atom is -0.316 e. The molecule has 144 valence electrons. The summed E-state index contributed by atoms with van der Waals surface area (Å²) in [6.07, 6.45) is 5.99. The Morgan fingerprint density at radius 2 is 1.93 bits per heavy atom. The van der Waals surface area contributed by atoms with Crippen LogP contribution in [0.1, 0.15) is 30.3 Å². The van der Waals surface area contributed by atoms with Gasteiger partial charge in [-0.3, -0.25) is 4.98 Å². The largest absolute Gasteiger partial charge is 0.316 e. The molecule has 3 aromatic rings. The second-order valence-electron chi connectivity index (χ2n) is 7.16. The van der Waals surface area contributed by atoms with E-state index in [1.54, 1.807) is 12.1 Å². The Kier molecular flexibility index (Phi) is 5.97. The molecule has 0 saturated heterocycles. The molecule has 0 aliphatic rings. The number of rotatable bonds is 8. The first-order valence-electron chi connectivity index (χ1n) is 9.31. The molecule has 0 saturated carbocycles. The lowest BCUT2D eigenvalue weighted by Crippen LogP contribution is -2.12. The first kappa shape index (κ1) is 19.6.